The maximum Gasteiger partial charge on any atom is 0.417 e. The number of benzene rings is 7. The van der Waals surface area contributed by atoms with Gasteiger partial charge in [-0.05, 0) is 79.7 Å². The highest BCUT2D eigenvalue weighted by Crippen LogP contribution is 2.59. The average Bonchev–Trinajstić information content (AvgIpc) is 3.77. The summed E-state index contributed by atoms with van der Waals surface area (Å²) in [7, 11) is 0. The highest BCUT2D eigenvalue weighted by atomic mass is 19.4. The Bertz CT molecular complexity index is 3070. The summed E-state index contributed by atoms with van der Waals surface area (Å²) in [5.41, 5.74) is 1.40. The Labute approximate surface area is 347 Å². The molecule has 0 radical (unpaired) electrons. The van der Waals surface area contributed by atoms with Gasteiger partial charge in [-0.25, -0.2) is 9.98 Å². The van der Waals surface area contributed by atoms with Crippen LogP contribution in [0.1, 0.15) is 44.5 Å². The summed E-state index contributed by atoms with van der Waals surface area (Å²) < 4.78 is 127. The predicted octanol–water partition coefficient (Wildman–Crippen LogP) is 14.5. The molecule has 12 heteroatoms. The van der Waals surface area contributed by atoms with E-state index in [2.05, 4.69) is 10.3 Å². The van der Waals surface area contributed by atoms with E-state index < -0.39 is 46.2 Å². The van der Waals surface area contributed by atoms with Crippen molar-refractivity contribution in [2.45, 2.75) is 23.9 Å². The second kappa shape index (κ2) is 13.9. The molecule has 0 saturated heterocycles. The number of rotatable bonds is 5. The molecule has 2 heterocycles. The zero-order valence-corrected chi connectivity index (χ0v) is 31.9. The van der Waals surface area contributed by atoms with Crippen molar-refractivity contribution in [3.05, 3.63) is 208 Å². The highest BCUT2D eigenvalue weighted by molar-refractivity contribution is 6.28. The van der Waals surface area contributed by atoms with Crippen molar-refractivity contribution in [2.24, 2.45) is 4.99 Å². The molecule has 2 aliphatic rings. The number of pyridine rings is 1. The Balaban J connectivity index is 1.18. The van der Waals surface area contributed by atoms with Crippen LogP contribution in [-0.2, 0) is 23.9 Å². The van der Waals surface area contributed by atoms with Crippen LogP contribution in [0.3, 0.4) is 0 Å². The van der Waals surface area contributed by atoms with E-state index >= 15 is 0 Å². The lowest BCUT2D eigenvalue weighted by Crippen LogP contribution is -2.28. The van der Waals surface area contributed by atoms with Crippen LogP contribution in [0.5, 0.6) is 0 Å². The van der Waals surface area contributed by atoms with Gasteiger partial charge in [-0.2, -0.15) is 39.5 Å². The number of hydrogen-bond acceptors (Lipinski definition) is 2. The first kappa shape index (κ1) is 39.0. The molecule has 0 amide bonds. The molecule has 0 unspecified atom stereocenters. The first-order valence-electron chi connectivity index (χ1n) is 19.3. The number of hydrogen-bond donors (Lipinski definition) is 1. The maximum absolute atomic E-state index is 14.6. The molecule has 1 aliphatic carbocycles. The number of aromatic nitrogens is 1. The molecule has 306 valence electrons. The van der Waals surface area contributed by atoms with Crippen LogP contribution in [0.2, 0.25) is 0 Å². The van der Waals surface area contributed by atoms with Crippen molar-refractivity contribution in [3.63, 3.8) is 0 Å². The zero-order valence-electron chi connectivity index (χ0n) is 31.9. The van der Waals surface area contributed by atoms with Crippen LogP contribution in [0.25, 0.3) is 44.2 Å². The smallest absolute Gasteiger partial charge is 0.339 e. The second-order valence-electron chi connectivity index (χ2n) is 15.1. The lowest BCUT2D eigenvalue weighted by atomic mass is 9.67. The zero-order chi connectivity index (χ0) is 43.2. The average molecular weight is 842 g/mol. The number of amidine groups is 1. The molecule has 0 spiro atoms. The number of nitrogens with zero attached hydrogens (tertiary/aromatic N) is 2. The minimum atomic E-state index is -5.12. The quantitative estimate of drug-likeness (QED) is 0.175. The van der Waals surface area contributed by atoms with Crippen LogP contribution in [-0.4, -0.2) is 10.8 Å². The Hall–Kier alpha value is -7.21. The number of halogens is 9. The van der Waals surface area contributed by atoms with Crippen molar-refractivity contribution in [1.29, 1.82) is 0 Å². The van der Waals surface area contributed by atoms with Gasteiger partial charge in [0.15, 0.2) is 5.82 Å². The molecule has 62 heavy (non-hydrogen) atoms. The minimum absolute atomic E-state index is 0.0295. The fourth-order valence-corrected chi connectivity index (χ4v) is 9.14. The molecule has 0 fully saturated rings. The van der Waals surface area contributed by atoms with Crippen LogP contribution < -0.4 is 5.32 Å². The van der Waals surface area contributed by atoms with Crippen LogP contribution >= 0.6 is 0 Å². The van der Waals surface area contributed by atoms with Gasteiger partial charge >= 0.3 is 18.5 Å². The molecule has 8 aromatic rings. The molecule has 3 nitrogen and oxygen atoms in total. The number of anilines is 1. The normalized spacial score (nSPS) is 14.8. The van der Waals surface area contributed by atoms with Gasteiger partial charge < -0.3 is 5.32 Å². The summed E-state index contributed by atoms with van der Waals surface area (Å²) in [5.74, 6) is 0.103. The third-order valence-electron chi connectivity index (χ3n) is 11.7. The lowest BCUT2D eigenvalue weighted by Gasteiger charge is -2.34. The highest BCUT2D eigenvalue weighted by Gasteiger charge is 2.47. The monoisotopic (exact) mass is 841 g/mol. The topological polar surface area (TPSA) is 37.3 Å². The fraction of sp³-hybridized carbons (Fsp3) is 0.0800. The van der Waals surface area contributed by atoms with E-state index in [0.717, 1.165) is 39.9 Å². The second-order valence-corrected chi connectivity index (χ2v) is 15.1. The van der Waals surface area contributed by atoms with E-state index in [0.29, 0.717) is 45.4 Å². The van der Waals surface area contributed by atoms with Crippen molar-refractivity contribution >= 4 is 28.1 Å². The molecule has 0 bridgehead atoms. The fourth-order valence-electron chi connectivity index (χ4n) is 9.14. The third kappa shape index (κ3) is 6.07. The molecule has 1 aliphatic heterocycles. The number of nitrogens with one attached hydrogen (secondary N) is 1. The summed E-state index contributed by atoms with van der Waals surface area (Å²) in [4.78, 5) is 9.16. The van der Waals surface area contributed by atoms with Crippen molar-refractivity contribution < 1.29 is 39.5 Å². The van der Waals surface area contributed by atoms with E-state index in [-0.39, 0.29) is 28.8 Å². The van der Waals surface area contributed by atoms with Gasteiger partial charge in [-0.15, -0.1) is 0 Å². The largest absolute Gasteiger partial charge is 0.417 e. The van der Waals surface area contributed by atoms with Crippen molar-refractivity contribution in [1.82, 2.24) is 4.98 Å². The Morgan fingerprint density at radius 2 is 1.06 bits per heavy atom. The van der Waals surface area contributed by atoms with E-state index in [1.165, 1.54) is 12.1 Å². The van der Waals surface area contributed by atoms with Crippen LogP contribution in [0.15, 0.2) is 169 Å². The molecule has 10 rings (SSSR count). The molecule has 0 saturated carbocycles. The van der Waals surface area contributed by atoms with Gasteiger partial charge in [0.2, 0.25) is 0 Å². The summed E-state index contributed by atoms with van der Waals surface area (Å²) in [6.45, 7) is 0. The third-order valence-corrected chi connectivity index (χ3v) is 11.7. The SMILES string of the molecule is FC(F)(F)c1cnc(N=C2Nc3ccc(-c4ccc(C(F)(F)F)cc4C(F)(F)F)c4cccc2c34)c(-c2cccc3c2-c2ccccc2C3(c2ccccc2)c2ccccc2)c1. The van der Waals surface area contributed by atoms with Gasteiger partial charge in [0.25, 0.3) is 0 Å². The maximum atomic E-state index is 14.6. The van der Waals surface area contributed by atoms with Crippen LogP contribution in [0, 0.1) is 0 Å². The van der Waals surface area contributed by atoms with Gasteiger partial charge in [0, 0.05) is 28.4 Å². The molecule has 1 aromatic heterocycles. The summed E-state index contributed by atoms with van der Waals surface area (Å²) >= 11 is 0. The standard InChI is InChI=1S/C50H28F9N3/c51-48(52,53)30-21-22-33(41(26-30)50(57,58)59)32-23-24-42-44-34(32)16-9-18-37(44)46(61-42)62-45-38(25-31(27-60-45)49(54,55)56)35-17-10-20-40-43(35)36-15-7-8-19-39(36)47(40,28-11-3-1-4-12-28)29-13-5-2-6-14-29/h1-27H,(H,60,61,62). The number of aliphatic imine (C=N–C) groups is 1. The van der Waals surface area contributed by atoms with E-state index in [4.69, 9.17) is 4.99 Å². The Morgan fingerprint density at radius 1 is 0.468 bits per heavy atom. The lowest BCUT2D eigenvalue weighted by molar-refractivity contribution is -0.143. The molecule has 0 atom stereocenters. The first-order valence-corrected chi connectivity index (χ1v) is 19.3. The van der Waals surface area contributed by atoms with Crippen LogP contribution in [0.4, 0.5) is 51.0 Å². The van der Waals surface area contributed by atoms with Crippen molar-refractivity contribution in [3.8, 4) is 33.4 Å². The first-order chi connectivity index (χ1) is 29.7. The number of fused-ring (bicyclic) bond motifs is 3. The molecule has 7 aromatic carbocycles. The summed E-state index contributed by atoms with van der Waals surface area (Å²) in [6.07, 6.45) is -14.2. The number of alkyl halides is 9. The van der Waals surface area contributed by atoms with E-state index in [1.807, 2.05) is 91.0 Å². The van der Waals surface area contributed by atoms with Gasteiger partial charge in [0.05, 0.1) is 22.1 Å². The Kier molecular flexibility index (Phi) is 8.74. The van der Waals surface area contributed by atoms with Gasteiger partial charge in [-0.3, -0.25) is 0 Å². The molecular formula is C50H28F9N3. The van der Waals surface area contributed by atoms with E-state index in [1.54, 1.807) is 30.3 Å². The predicted molar refractivity (Wildman–Crippen MR) is 221 cm³/mol. The summed E-state index contributed by atoms with van der Waals surface area (Å²) in [6, 6.07) is 43.3. The minimum Gasteiger partial charge on any atom is -0.339 e. The van der Waals surface area contributed by atoms with Crippen molar-refractivity contribution in [2.75, 3.05) is 5.32 Å². The van der Waals surface area contributed by atoms with Gasteiger partial charge in [0.1, 0.15) is 5.84 Å². The van der Waals surface area contributed by atoms with Gasteiger partial charge in [-0.1, -0.05) is 133 Å². The van der Waals surface area contributed by atoms with E-state index in [9.17, 15) is 39.5 Å². The molecular weight excluding hydrogens is 814 g/mol. The summed E-state index contributed by atoms with van der Waals surface area (Å²) in [5, 5.41) is 3.89. The Morgan fingerprint density at radius 3 is 1.74 bits per heavy atom. The molecule has 1 N–H and O–H groups in total.